The van der Waals surface area contributed by atoms with Gasteiger partial charge < -0.3 is 4.74 Å². The van der Waals surface area contributed by atoms with Gasteiger partial charge in [-0.25, -0.2) is 4.98 Å². The number of aryl methyl sites for hydroxylation is 1. The van der Waals surface area contributed by atoms with E-state index in [1.807, 2.05) is 6.92 Å². The molecule has 0 fully saturated rings. The van der Waals surface area contributed by atoms with Gasteiger partial charge in [0.05, 0.1) is 17.2 Å². The summed E-state index contributed by atoms with van der Waals surface area (Å²) in [4.78, 5) is 14.7. The molecule has 1 rings (SSSR count). The highest BCUT2D eigenvalue weighted by molar-refractivity contribution is 6.33. The number of ether oxygens (including phenoxy) is 1. The maximum atomic E-state index is 10.6. The monoisotopic (exact) mass is 199 g/mol. The van der Waals surface area contributed by atoms with E-state index in [-0.39, 0.29) is 0 Å². The number of aldehydes is 1. The molecular weight excluding hydrogens is 190 g/mol. The van der Waals surface area contributed by atoms with Crippen molar-refractivity contribution in [3.05, 3.63) is 22.3 Å². The molecule has 0 N–H and O–H groups in total. The average molecular weight is 200 g/mol. The molecule has 0 radical (unpaired) electrons. The van der Waals surface area contributed by atoms with E-state index in [1.54, 1.807) is 13.0 Å². The van der Waals surface area contributed by atoms with Crippen LogP contribution in [-0.4, -0.2) is 17.9 Å². The third-order valence-corrected chi connectivity index (χ3v) is 1.81. The predicted molar refractivity (Wildman–Crippen MR) is 50.5 cm³/mol. The third-order valence-electron chi connectivity index (χ3n) is 1.50. The second kappa shape index (κ2) is 4.23. The molecular formula is C9H10ClNO2. The molecule has 1 aromatic heterocycles. The van der Waals surface area contributed by atoms with E-state index in [1.165, 1.54) is 0 Å². The second-order valence-corrected chi connectivity index (χ2v) is 2.92. The van der Waals surface area contributed by atoms with Gasteiger partial charge in [0.2, 0.25) is 5.88 Å². The number of nitrogens with zero attached hydrogens (tertiary/aromatic N) is 1. The molecule has 13 heavy (non-hydrogen) atoms. The summed E-state index contributed by atoms with van der Waals surface area (Å²) >= 11 is 5.82. The molecule has 0 saturated heterocycles. The van der Waals surface area contributed by atoms with Gasteiger partial charge in [0.1, 0.15) is 0 Å². The largest absolute Gasteiger partial charge is 0.477 e. The molecule has 0 aliphatic carbocycles. The Morgan fingerprint density at radius 2 is 2.38 bits per heavy atom. The normalized spacial score (nSPS) is 9.77. The molecule has 1 aromatic rings. The molecule has 0 unspecified atom stereocenters. The molecule has 0 atom stereocenters. The minimum Gasteiger partial charge on any atom is -0.477 e. The maximum Gasteiger partial charge on any atom is 0.225 e. The lowest BCUT2D eigenvalue weighted by molar-refractivity contribution is 0.111. The van der Waals surface area contributed by atoms with E-state index in [2.05, 4.69) is 4.98 Å². The van der Waals surface area contributed by atoms with Crippen molar-refractivity contribution in [2.24, 2.45) is 0 Å². The lowest BCUT2D eigenvalue weighted by Crippen LogP contribution is -2.00. The van der Waals surface area contributed by atoms with Crippen LogP contribution in [0.3, 0.4) is 0 Å². The van der Waals surface area contributed by atoms with Crippen LogP contribution in [0.25, 0.3) is 0 Å². The summed E-state index contributed by atoms with van der Waals surface area (Å²) in [6, 6.07) is 1.63. The second-order valence-electron chi connectivity index (χ2n) is 2.52. The van der Waals surface area contributed by atoms with E-state index in [0.29, 0.717) is 29.4 Å². The third kappa shape index (κ3) is 2.18. The van der Waals surface area contributed by atoms with Gasteiger partial charge in [-0.2, -0.15) is 0 Å². The number of carbonyl (C=O) groups is 1. The molecule has 3 nitrogen and oxygen atoms in total. The Labute approximate surface area is 81.7 Å². The SMILES string of the molecule is CCOc1nc(C)cc(Cl)c1C=O. The Hall–Kier alpha value is -1.09. The Balaban J connectivity index is 3.20. The van der Waals surface area contributed by atoms with Gasteiger partial charge in [-0.3, -0.25) is 4.79 Å². The summed E-state index contributed by atoms with van der Waals surface area (Å²) in [6.45, 7) is 4.09. The molecule has 0 aromatic carbocycles. The zero-order valence-electron chi connectivity index (χ0n) is 7.50. The van der Waals surface area contributed by atoms with Crippen molar-refractivity contribution in [2.75, 3.05) is 6.61 Å². The Morgan fingerprint density at radius 3 is 2.92 bits per heavy atom. The van der Waals surface area contributed by atoms with Crippen LogP contribution in [-0.2, 0) is 0 Å². The lowest BCUT2D eigenvalue weighted by Gasteiger charge is -2.06. The van der Waals surface area contributed by atoms with Crippen molar-refractivity contribution in [3.63, 3.8) is 0 Å². The minimum atomic E-state index is 0.308. The smallest absolute Gasteiger partial charge is 0.225 e. The van der Waals surface area contributed by atoms with Crippen LogP contribution in [0.15, 0.2) is 6.07 Å². The predicted octanol–water partition coefficient (Wildman–Crippen LogP) is 2.25. The Morgan fingerprint density at radius 1 is 1.69 bits per heavy atom. The standard InChI is InChI=1S/C9H10ClNO2/c1-3-13-9-7(5-12)8(10)4-6(2)11-9/h4-5H,3H2,1-2H3. The number of rotatable bonds is 3. The molecule has 1 heterocycles. The zero-order chi connectivity index (χ0) is 9.84. The topological polar surface area (TPSA) is 39.2 Å². The van der Waals surface area contributed by atoms with Crippen LogP contribution < -0.4 is 4.74 Å². The van der Waals surface area contributed by atoms with Crippen LogP contribution in [0.4, 0.5) is 0 Å². The average Bonchev–Trinajstić information content (AvgIpc) is 2.04. The highest BCUT2D eigenvalue weighted by Crippen LogP contribution is 2.23. The Bertz CT molecular complexity index is 326. The minimum absolute atomic E-state index is 0.308. The van der Waals surface area contributed by atoms with Crippen LogP contribution in [0, 0.1) is 6.92 Å². The summed E-state index contributed by atoms with van der Waals surface area (Å²) in [5, 5.41) is 0.381. The molecule has 0 aliphatic rings. The van der Waals surface area contributed by atoms with Gasteiger partial charge in [0.15, 0.2) is 6.29 Å². The molecule has 0 aliphatic heterocycles. The van der Waals surface area contributed by atoms with E-state index < -0.39 is 0 Å². The van der Waals surface area contributed by atoms with E-state index >= 15 is 0 Å². The molecule has 70 valence electrons. The van der Waals surface area contributed by atoms with E-state index in [9.17, 15) is 4.79 Å². The van der Waals surface area contributed by atoms with Crippen LogP contribution in [0.2, 0.25) is 5.02 Å². The first-order chi connectivity index (χ1) is 6.19. The van der Waals surface area contributed by atoms with Gasteiger partial charge in [0, 0.05) is 5.69 Å². The number of aromatic nitrogens is 1. The summed E-state index contributed by atoms with van der Waals surface area (Å²) in [5.41, 5.74) is 1.05. The fourth-order valence-electron chi connectivity index (χ4n) is 0.969. The number of carbonyl (C=O) groups excluding carboxylic acids is 1. The number of hydrogen-bond acceptors (Lipinski definition) is 3. The molecule has 0 amide bonds. The highest BCUT2D eigenvalue weighted by Gasteiger charge is 2.09. The van der Waals surface area contributed by atoms with Crippen molar-refractivity contribution in [2.45, 2.75) is 13.8 Å². The molecule has 4 heteroatoms. The van der Waals surface area contributed by atoms with Gasteiger partial charge in [-0.1, -0.05) is 11.6 Å². The van der Waals surface area contributed by atoms with Crippen molar-refractivity contribution in [1.29, 1.82) is 0 Å². The first-order valence-corrected chi connectivity index (χ1v) is 4.32. The van der Waals surface area contributed by atoms with Gasteiger partial charge in [-0.15, -0.1) is 0 Å². The number of hydrogen-bond donors (Lipinski definition) is 0. The summed E-state index contributed by atoms with van der Waals surface area (Å²) in [6.07, 6.45) is 0.653. The highest BCUT2D eigenvalue weighted by atomic mass is 35.5. The van der Waals surface area contributed by atoms with Crippen molar-refractivity contribution >= 4 is 17.9 Å². The molecule has 0 bridgehead atoms. The fraction of sp³-hybridized carbons (Fsp3) is 0.333. The maximum absolute atomic E-state index is 10.6. The van der Waals surface area contributed by atoms with Crippen LogP contribution in [0.5, 0.6) is 5.88 Å². The quantitative estimate of drug-likeness (QED) is 0.701. The van der Waals surface area contributed by atoms with Crippen molar-refractivity contribution in [1.82, 2.24) is 4.98 Å². The summed E-state index contributed by atoms with van der Waals surface area (Å²) in [7, 11) is 0. The van der Waals surface area contributed by atoms with Crippen LogP contribution in [0.1, 0.15) is 23.0 Å². The van der Waals surface area contributed by atoms with Crippen LogP contribution >= 0.6 is 11.6 Å². The van der Waals surface area contributed by atoms with Gasteiger partial charge >= 0.3 is 0 Å². The molecule has 0 saturated carbocycles. The summed E-state index contributed by atoms with van der Waals surface area (Å²) < 4.78 is 5.16. The fourth-order valence-corrected chi connectivity index (χ4v) is 1.25. The number of pyridine rings is 1. The van der Waals surface area contributed by atoms with E-state index in [0.717, 1.165) is 5.69 Å². The zero-order valence-corrected chi connectivity index (χ0v) is 8.26. The van der Waals surface area contributed by atoms with Gasteiger partial charge in [-0.05, 0) is 19.9 Å². The van der Waals surface area contributed by atoms with Crippen molar-refractivity contribution in [3.8, 4) is 5.88 Å². The first-order valence-electron chi connectivity index (χ1n) is 3.94. The van der Waals surface area contributed by atoms with Crippen molar-refractivity contribution < 1.29 is 9.53 Å². The Kier molecular flexibility index (Phi) is 3.25. The first kappa shape index (κ1) is 9.99. The van der Waals surface area contributed by atoms with E-state index in [4.69, 9.17) is 16.3 Å². The molecule has 0 spiro atoms. The number of halogens is 1. The lowest BCUT2D eigenvalue weighted by atomic mass is 10.2. The van der Waals surface area contributed by atoms with Gasteiger partial charge in [0.25, 0.3) is 0 Å². The summed E-state index contributed by atoms with van der Waals surface area (Å²) in [5.74, 6) is 0.308.